The number of nitrogens with zero attached hydrogens (tertiary/aromatic N) is 5. The Bertz CT molecular complexity index is 917. The van der Waals surface area contributed by atoms with Crippen molar-refractivity contribution < 1.29 is 0 Å². The van der Waals surface area contributed by atoms with Gasteiger partial charge in [0, 0.05) is 38.9 Å². The molecule has 0 spiro atoms. The van der Waals surface area contributed by atoms with Gasteiger partial charge in [0.25, 0.3) is 0 Å². The molecule has 0 aliphatic carbocycles. The Hall–Kier alpha value is -2.20. The molecule has 2 N–H and O–H groups in total. The fourth-order valence-electron chi connectivity index (χ4n) is 3.64. The van der Waals surface area contributed by atoms with Crippen LogP contribution in [0, 0.1) is 0 Å². The number of aliphatic imine (C=N–C) groups is 1. The van der Waals surface area contributed by atoms with E-state index in [4.69, 9.17) is 0 Å². The fourth-order valence-corrected chi connectivity index (χ4v) is 3.64. The van der Waals surface area contributed by atoms with Gasteiger partial charge in [-0.2, -0.15) is 0 Å². The summed E-state index contributed by atoms with van der Waals surface area (Å²) < 4.78 is 1.99. The van der Waals surface area contributed by atoms with Crippen LogP contribution in [0.5, 0.6) is 0 Å². The predicted octanol–water partition coefficient (Wildman–Crippen LogP) is 2.68. The first-order valence-electron chi connectivity index (χ1n) is 9.84. The molecule has 7 nitrogen and oxygen atoms in total. The van der Waals surface area contributed by atoms with Crippen LogP contribution in [0.4, 0.5) is 0 Å². The monoisotopic (exact) mass is 505 g/mol. The Morgan fingerprint density at radius 2 is 1.83 bits per heavy atom. The summed E-state index contributed by atoms with van der Waals surface area (Å²) in [6.07, 6.45) is 4.20. The maximum atomic E-state index is 4.37. The molecular formula is C21H28IN7. The molecule has 0 atom stereocenters. The largest absolute Gasteiger partial charge is 0.354 e. The lowest BCUT2D eigenvalue weighted by Gasteiger charge is -2.33. The summed E-state index contributed by atoms with van der Waals surface area (Å²) in [6, 6.07) is 17.0. The van der Waals surface area contributed by atoms with Gasteiger partial charge in [-0.1, -0.05) is 36.4 Å². The van der Waals surface area contributed by atoms with Crippen molar-refractivity contribution in [1.29, 1.82) is 0 Å². The highest BCUT2D eigenvalue weighted by molar-refractivity contribution is 14.0. The van der Waals surface area contributed by atoms with E-state index in [-0.39, 0.29) is 24.0 Å². The van der Waals surface area contributed by atoms with E-state index in [0.29, 0.717) is 12.6 Å². The van der Waals surface area contributed by atoms with Gasteiger partial charge in [0.2, 0.25) is 0 Å². The van der Waals surface area contributed by atoms with Gasteiger partial charge >= 0.3 is 0 Å². The number of benzene rings is 1. The zero-order chi connectivity index (χ0) is 19.2. The van der Waals surface area contributed by atoms with Gasteiger partial charge < -0.3 is 10.6 Å². The van der Waals surface area contributed by atoms with Crippen LogP contribution in [0.2, 0.25) is 0 Å². The number of likely N-dealkylation sites (tertiary alicyclic amines) is 1. The molecule has 0 unspecified atom stereocenters. The molecule has 3 aromatic rings. The molecule has 4 rings (SSSR count). The molecule has 8 heteroatoms. The van der Waals surface area contributed by atoms with Crippen LogP contribution in [0.15, 0.2) is 59.7 Å². The molecule has 154 valence electrons. The van der Waals surface area contributed by atoms with Gasteiger partial charge in [0.15, 0.2) is 17.4 Å². The molecule has 0 saturated carbocycles. The van der Waals surface area contributed by atoms with Crippen molar-refractivity contribution in [1.82, 2.24) is 30.1 Å². The molecular weight excluding hydrogens is 477 g/mol. The van der Waals surface area contributed by atoms with E-state index in [1.54, 1.807) is 0 Å². The standard InChI is InChI=1S/C21H27N7.HI/c1-22-21(23-15-20-26-25-19-9-5-6-12-28(19)20)24-18-10-13-27(14-11-18)16-17-7-3-2-4-8-17;/h2-9,12,18H,10-11,13-16H2,1H3,(H2,22,23,24);1H. The SMILES string of the molecule is CN=C(NCc1nnc2ccccn12)NC1CCN(Cc2ccccc2)CC1.I. The molecule has 3 heterocycles. The molecule has 1 aliphatic heterocycles. The minimum absolute atomic E-state index is 0. The van der Waals surface area contributed by atoms with E-state index in [1.807, 2.05) is 35.8 Å². The zero-order valence-electron chi connectivity index (χ0n) is 16.7. The summed E-state index contributed by atoms with van der Waals surface area (Å²) >= 11 is 0. The third-order valence-corrected chi connectivity index (χ3v) is 5.20. The third kappa shape index (κ3) is 5.66. The minimum atomic E-state index is 0. The van der Waals surface area contributed by atoms with E-state index in [2.05, 4.69) is 61.1 Å². The van der Waals surface area contributed by atoms with Crippen LogP contribution in [0.25, 0.3) is 5.65 Å². The number of piperidine rings is 1. The van der Waals surface area contributed by atoms with Crippen molar-refractivity contribution in [2.75, 3.05) is 20.1 Å². The highest BCUT2D eigenvalue weighted by atomic mass is 127. The smallest absolute Gasteiger partial charge is 0.191 e. The first kappa shape index (κ1) is 21.5. The first-order valence-corrected chi connectivity index (χ1v) is 9.84. The minimum Gasteiger partial charge on any atom is -0.354 e. The average Bonchev–Trinajstić information content (AvgIpc) is 3.16. The molecule has 29 heavy (non-hydrogen) atoms. The number of rotatable bonds is 5. The molecule has 1 fully saturated rings. The maximum absolute atomic E-state index is 4.37. The molecule has 1 aliphatic rings. The maximum Gasteiger partial charge on any atom is 0.191 e. The quantitative estimate of drug-likeness (QED) is 0.317. The van der Waals surface area contributed by atoms with Gasteiger partial charge in [0.1, 0.15) is 0 Å². The molecule has 0 radical (unpaired) electrons. The van der Waals surface area contributed by atoms with Crippen molar-refractivity contribution >= 4 is 35.6 Å². The van der Waals surface area contributed by atoms with Crippen molar-refractivity contribution in [3.05, 3.63) is 66.1 Å². The van der Waals surface area contributed by atoms with E-state index in [1.165, 1.54) is 5.56 Å². The van der Waals surface area contributed by atoms with Gasteiger partial charge in [-0.05, 0) is 30.5 Å². The van der Waals surface area contributed by atoms with E-state index < -0.39 is 0 Å². The Kier molecular flexibility index (Phi) is 7.82. The molecule has 0 bridgehead atoms. The van der Waals surface area contributed by atoms with Gasteiger partial charge in [-0.25, -0.2) is 0 Å². The van der Waals surface area contributed by atoms with E-state index >= 15 is 0 Å². The number of guanidine groups is 1. The van der Waals surface area contributed by atoms with Crippen LogP contribution < -0.4 is 10.6 Å². The Morgan fingerprint density at radius 1 is 1.07 bits per heavy atom. The number of fused-ring (bicyclic) bond motifs is 1. The van der Waals surface area contributed by atoms with Gasteiger partial charge in [-0.3, -0.25) is 14.3 Å². The predicted molar refractivity (Wildman–Crippen MR) is 126 cm³/mol. The highest BCUT2D eigenvalue weighted by Crippen LogP contribution is 2.14. The number of halogens is 1. The van der Waals surface area contributed by atoms with Crippen LogP contribution in [-0.4, -0.2) is 51.6 Å². The van der Waals surface area contributed by atoms with Crippen LogP contribution in [0.3, 0.4) is 0 Å². The second kappa shape index (κ2) is 10.5. The summed E-state index contributed by atoms with van der Waals surface area (Å²) in [5.41, 5.74) is 2.24. The Balaban J connectivity index is 0.00000240. The Morgan fingerprint density at radius 3 is 2.59 bits per heavy atom. The summed E-state index contributed by atoms with van der Waals surface area (Å²) in [6.45, 7) is 3.80. The molecule has 1 saturated heterocycles. The lowest BCUT2D eigenvalue weighted by atomic mass is 10.0. The van der Waals surface area contributed by atoms with E-state index in [0.717, 1.165) is 49.9 Å². The van der Waals surface area contributed by atoms with Gasteiger partial charge in [0.05, 0.1) is 6.54 Å². The lowest BCUT2D eigenvalue weighted by Crippen LogP contribution is -2.48. The van der Waals surface area contributed by atoms with Crippen molar-refractivity contribution in [2.45, 2.75) is 32.0 Å². The van der Waals surface area contributed by atoms with Crippen LogP contribution in [0.1, 0.15) is 24.2 Å². The first-order chi connectivity index (χ1) is 13.8. The number of nitrogens with one attached hydrogen (secondary N) is 2. The average molecular weight is 505 g/mol. The summed E-state index contributed by atoms with van der Waals surface area (Å²) in [5.74, 6) is 1.69. The molecule has 0 amide bonds. The molecule has 1 aromatic carbocycles. The van der Waals surface area contributed by atoms with Crippen molar-refractivity contribution in [3.63, 3.8) is 0 Å². The van der Waals surface area contributed by atoms with Crippen LogP contribution >= 0.6 is 24.0 Å². The summed E-state index contributed by atoms with van der Waals surface area (Å²) in [4.78, 5) is 6.89. The third-order valence-electron chi connectivity index (χ3n) is 5.20. The number of hydrogen-bond acceptors (Lipinski definition) is 4. The highest BCUT2D eigenvalue weighted by Gasteiger charge is 2.20. The van der Waals surface area contributed by atoms with Gasteiger partial charge in [-0.15, -0.1) is 34.2 Å². The Labute approximate surface area is 188 Å². The molecule has 2 aromatic heterocycles. The van der Waals surface area contributed by atoms with E-state index in [9.17, 15) is 0 Å². The summed E-state index contributed by atoms with van der Waals surface area (Å²) in [5, 5.41) is 15.4. The normalized spacial score (nSPS) is 15.8. The summed E-state index contributed by atoms with van der Waals surface area (Å²) in [7, 11) is 1.81. The number of hydrogen-bond donors (Lipinski definition) is 2. The fraction of sp³-hybridized carbons (Fsp3) is 0.381. The number of aromatic nitrogens is 3. The van der Waals surface area contributed by atoms with Crippen molar-refractivity contribution in [2.24, 2.45) is 4.99 Å². The second-order valence-corrected chi connectivity index (χ2v) is 7.15. The van der Waals surface area contributed by atoms with Crippen LogP contribution in [-0.2, 0) is 13.1 Å². The number of pyridine rings is 1. The topological polar surface area (TPSA) is 69.8 Å². The van der Waals surface area contributed by atoms with Crippen molar-refractivity contribution in [3.8, 4) is 0 Å². The second-order valence-electron chi connectivity index (χ2n) is 7.15. The zero-order valence-corrected chi connectivity index (χ0v) is 19.0. The lowest BCUT2D eigenvalue weighted by molar-refractivity contribution is 0.198.